The Labute approximate surface area is 112 Å². The molecule has 4 nitrogen and oxygen atoms in total. The quantitative estimate of drug-likeness (QED) is 0.642. The van der Waals surface area contributed by atoms with Gasteiger partial charge in [0.2, 0.25) is 0 Å². The summed E-state index contributed by atoms with van der Waals surface area (Å²) in [7, 11) is 0. The van der Waals surface area contributed by atoms with Crippen LogP contribution in [0.1, 0.15) is 5.69 Å². The summed E-state index contributed by atoms with van der Waals surface area (Å²) in [6.07, 6.45) is 7.22. The number of aryl methyl sites for hydroxylation is 1. The molecule has 0 N–H and O–H groups in total. The first kappa shape index (κ1) is 10.6. The van der Waals surface area contributed by atoms with Gasteiger partial charge in [-0.1, -0.05) is 0 Å². The Hall–Kier alpha value is -1.50. The van der Waals surface area contributed by atoms with Crippen molar-refractivity contribution >= 4 is 28.2 Å². The summed E-state index contributed by atoms with van der Waals surface area (Å²) in [5.41, 5.74) is 4.14. The highest BCUT2D eigenvalue weighted by Gasteiger charge is 2.10. The Morgan fingerprint density at radius 1 is 1.06 bits per heavy atom. The van der Waals surface area contributed by atoms with Gasteiger partial charge in [-0.3, -0.25) is 4.98 Å². The summed E-state index contributed by atoms with van der Waals surface area (Å²) in [6.45, 7) is 2.01. The molecule has 84 valence electrons. The average molecular weight is 336 g/mol. The number of hydrogen-bond acceptors (Lipinski definition) is 3. The molecule has 0 aromatic carbocycles. The second-order valence-electron chi connectivity index (χ2n) is 3.70. The summed E-state index contributed by atoms with van der Waals surface area (Å²) in [4.78, 5) is 8.62. The minimum absolute atomic E-state index is 0.871. The molecule has 0 spiro atoms. The van der Waals surface area contributed by atoms with Crippen LogP contribution >= 0.6 is 22.6 Å². The van der Waals surface area contributed by atoms with Crippen LogP contribution in [0.25, 0.3) is 16.8 Å². The molecule has 0 aliphatic heterocycles. The fraction of sp³-hybridized carbons (Fsp3) is 0.0833. The molecule has 0 amide bonds. The van der Waals surface area contributed by atoms with Crippen molar-refractivity contribution in [1.82, 2.24) is 19.6 Å². The van der Waals surface area contributed by atoms with E-state index in [0.29, 0.717) is 0 Å². The molecule has 0 saturated heterocycles. The van der Waals surface area contributed by atoms with Crippen molar-refractivity contribution in [2.45, 2.75) is 6.92 Å². The standard InChI is InChI=1S/C12H9IN4/c1-8-11(13)9(2-4-14-8)10-3-5-16-17-7-6-15-12(10)17/h2-7H,1H3. The highest BCUT2D eigenvalue weighted by atomic mass is 127. The zero-order chi connectivity index (χ0) is 11.8. The third-order valence-corrected chi connectivity index (χ3v) is 4.01. The maximum Gasteiger partial charge on any atom is 0.161 e. The van der Waals surface area contributed by atoms with E-state index in [2.05, 4.69) is 37.7 Å². The topological polar surface area (TPSA) is 43.1 Å². The number of rotatable bonds is 1. The fourth-order valence-electron chi connectivity index (χ4n) is 1.80. The zero-order valence-corrected chi connectivity index (χ0v) is 11.3. The van der Waals surface area contributed by atoms with Crippen LogP contribution in [0.2, 0.25) is 0 Å². The lowest BCUT2D eigenvalue weighted by Crippen LogP contribution is -1.95. The second-order valence-corrected chi connectivity index (χ2v) is 4.78. The monoisotopic (exact) mass is 336 g/mol. The van der Waals surface area contributed by atoms with Gasteiger partial charge in [0.1, 0.15) is 0 Å². The van der Waals surface area contributed by atoms with Gasteiger partial charge in [0.15, 0.2) is 5.65 Å². The van der Waals surface area contributed by atoms with Crippen LogP contribution in [0.4, 0.5) is 0 Å². The maximum atomic E-state index is 4.34. The Morgan fingerprint density at radius 2 is 1.88 bits per heavy atom. The van der Waals surface area contributed by atoms with E-state index in [9.17, 15) is 0 Å². The molecule has 3 aromatic rings. The van der Waals surface area contributed by atoms with Gasteiger partial charge in [0.05, 0.1) is 5.69 Å². The molecule has 17 heavy (non-hydrogen) atoms. The van der Waals surface area contributed by atoms with Gasteiger partial charge < -0.3 is 0 Å². The van der Waals surface area contributed by atoms with Crippen LogP contribution in [0.15, 0.2) is 36.9 Å². The number of aromatic nitrogens is 4. The molecule has 0 fully saturated rings. The van der Waals surface area contributed by atoms with Crippen LogP contribution in [-0.4, -0.2) is 19.6 Å². The number of pyridine rings is 1. The largest absolute Gasteiger partial charge is 0.260 e. The molecule has 3 aromatic heterocycles. The maximum absolute atomic E-state index is 4.34. The molecule has 0 unspecified atom stereocenters. The number of halogens is 1. The number of imidazole rings is 1. The van der Waals surface area contributed by atoms with Crippen LogP contribution in [0.5, 0.6) is 0 Å². The molecular weight excluding hydrogens is 327 g/mol. The first-order chi connectivity index (χ1) is 8.27. The summed E-state index contributed by atoms with van der Waals surface area (Å²) in [5, 5.41) is 4.22. The molecule has 0 aliphatic rings. The van der Waals surface area contributed by atoms with Crippen LogP contribution < -0.4 is 0 Å². The van der Waals surface area contributed by atoms with Crippen LogP contribution in [0, 0.1) is 10.5 Å². The smallest absolute Gasteiger partial charge is 0.161 e. The lowest BCUT2D eigenvalue weighted by molar-refractivity contribution is 0.937. The average Bonchev–Trinajstić information content (AvgIpc) is 2.81. The molecule has 0 saturated carbocycles. The predicted molar refractivity (Wildman–Crippen MR) is 73.7 cm³/mol. The van der Waals surface area contributed by atoms with Crippen molar-refractivity contribution in [3.63, 3.8) is 0 Å². The third-order valence-electron chi connectivity index (χ3n) is 2.65. The second kappa shape index (κ2) is 4.06. The first-order valence-electron chi connectivity index (χ1n) is 5.17. The lowest BCUT2D eigenvalue weighted by Gasteiger charge is -2.07. The Morgan fingerprint density at radius 3 is 2.76 bits per heavy atom. The van der Waals surface area contributed by atoms with Crippen molar-refractivity contribution in [1.29, 1.82) is 0 Å². The van der Waals surface area contributed by atoms with Crippen molar-refractivity contribution in [3.8, 4) is 11.1 Å². The summed E-state index contributed by atoms with van der Waals surface area (Å²) in [6, 6.07) is 4.00. The minimum Gasteiger partial charge on any atom is -0.260 e. The third kappa shape index (κ3) is 1.70. The molecule has 5 heteroatoms. The van der Waals surface area contributed by atoms with Gasteiger partial charge >= 0.3 is 0 Å². The molecule has 0 aliphatic carbocycles. The van der Waals surface area contributed by atoms with Gasteiger partial charge in [-0.25, -0.2) is 9.50 Å². The molecule has 0 atom stereocenters. The van der Waals surface area contributed by atoms with Crippen molar-refractivity contribution in [2.24, 2.45) is 0 Å². The van der Waals surface area contributed by atoms with Gasteiger partial charge in [-0.05, 0) is 41.6 Å². The van der Waals surface area contributed by atoms with Gasteiger partial charge in [-0.15, -0.1) is 0 Å². The highest BCUT2D eigenvalue weighted by Crippen LogP contribution is 2.28. The predicted octanol–water partition coefficient (Wildman–Crippen LogP) is 2.70. The summed E-state index contributed by atoms with van der Waals surface area (Å²) >= 11 is 2.32. The minimum atomic E-state index is 0.871. The first-order valence-corrected chi connectivity index (χ1v) is 6.25. The number of hydrogen-bond donors (Lipinski definition) is 0. The zero-order valence-electron chi connectivity index (χ0n) is 9.13. The van der Waals surface area contributed by atoms with E-state index in [1.165, 1.54) is 0 Å². The Kier molecular flexibility index (Phi) is 2.54. The van der Waals surface area contributed by atoms with E-state index in [1.54, 1.807) is 16.9 Å². The highest BCUT2D eigenvalue weighted by molar-refractivity contribution is 14.1. The fourth-order valence-corrected chi connectivity index (χ4v) is 2.41. The lowest BCUT2D eigenvalue weighted by atomic mass is 10.1. The SMILES string of the molecule is Cc1nccc(-c2ccnn3ccnc23)c1I. The van der Waals surface area contributed by atoms with Crippen LogP contribution in [-0.2, 0) is 0 Å². The normalized spacial score (nSPS) is 10.9. The van der Waals surface area contributed by atoms with Gasteiger partial charge in [0.25, 0.3) is 0 Å². The Balaban J connectivity index is 2.34. The van der Waals surface area contributed by atoms with E-state index in [0.717, 1.165) is 26.0 Å². The summed E-state index contributed by atoms with van der Waals surface area (Å²) < 4.78 is 2.93. The molecule has 3 heterocycles. The van der Waals surface area contributed by atoms with E-state index in [1.807, 2.05) is 31.5 Å². The van der Waals surface area contributed by atoms with Crippen molar-refractivity contribution in [2.75, 3.05) is 0 Å². The number of nitrogens with zero attached hydrogens (tertiary/aromatic N) is 4. The van der Waals surface area contributed by atoms with E-state index in [4.69, 9.17) is 0 Å². The van der Waals surface area contributed by atoms with Crippen molar-refractivity contribution in [3.05, 3.63) is 46.2 Å². The van der Waals surface area contributed by atoms with E-state index in [-0.39, 0.29) is 0 Å². The van der Waals surface area contributed by atoms with E-state index < -0.39 is 0 Å². The molecule has 0 radical (unpaired) electrons. The van der Waals surface area contributed by atoms with E-state index >= 15 is 0 Å². The molecule has 0 bridgehead atoms. The Bertz CT molecular complexity index is 690. The summed E-state index contributed by atoms with van der Waals surface area (Å²) in [5.74, 6) is 0. The molecule has 3 rings (SSSR count). The number of fused-ring (bicyclic) bond motifs is 1. The van der Waals surface area contributed by atoms with Crippen LogP contribution in [0.3, 0.4) is 0 Å². The van der Waals surface area contributed by atoms with Crippen molar-refractivity contribution < 1.29 is 0 Å². The van der Waals surface area contributed by atoms with Gasteiger partial charge in [0, 0.05) is 39.5 Å². The van der Waals surface area contributed by atoms with Gasteiger partial charge in [-0.2, -0.15) is 5.10 Å². The molecular formula is C12H9IN4.